The number of hydrogen-bond donors (Lipinski definition) is 1. The Morgan fingerprint density at radius 3 is 2.70 bits per heavy atom. The Labute approximate surface area is 128 Å². The van der Waals surface area contributed by atoms with Gasteiger partial charge in [0.05, 0.1) is 23.4 Å². The molecule has 20 heavy (non-hydrogen) atoms. The lowest BCUT2D eigenvalue weighted by Gasteiger charge is -2.08. The Balaban J connectivity index is 2.14. The van der Waals surface area contributed by atoms with Crippen LogP contribution < -0.4 is 5.32 Å². The molecule has 2 aromatic rings. The van der Waals surface area contributed by atoms with E-state index in [1.54, 1.807) is 36.6 Å². The summed E-state index contributed by atoms with van der Waals surface area (Å²) in [4.78, 5) is 23.5. The summed E-state index contributed by atoms with van der Waals surface area (Å²) in [5, 5.41) is 6.39. The van der Waals surface area contributed by atoms with Crippen molar-refractivity contribution in [2.24, 2.45) is 0 Å². The van der Waals surface area contributed by atoms with Gasteiger partial charge in [0.2, 0.25) is 0 Å². The first-order chi connectivity index (χ1) is 9.61. The highest BCUT2D eigenvalue weighted by molar-refractivity contribution is 9.10. The maximum Gasteiger partial charge on any atom is 0.338 e. The number of carbonyl (C=O) groups excluding carboxylic acids is 2. The van der Waals surface area contributed by atoms with Gasteiger partial charge in [-0.15, -0.1) is 0 Å². The minimum absolute atomic E-state index is 0.184. The lowest BCUT2D eigenvalue weighted by molar-refractivity contribution is 0.0526. The standard InChI is InChI=1S/C14H12BrNO3S/c1-2-19-14(18)9-3-4-12(11(15)7-9)16-13(17)10-5-6-20-8-10/h3-8H,2H2,1H3,(H,16,17). The number of rotatable bonds is 4. The number of anilines is 1. The number of halogens is 1. The van der Waals surface area contributed by atoms with Crippen molar-refractivity contribution in [1.82, 2.24) is 0 Å². The van der Waals surface area contributed by atoms with Gasteiger partial charge in [-0.25, -0.2) is 4.79 Å². The second-order valence-corrected chi connectivity index (χ2v) is 5.52. The average Bonchev–Trinajstić information content (AvgIpc) is 2.95. The van der Waals surface area contributed by atoms with Gasteiger partial charge in [-0.05, 0) is 52.5 Å². The molecule has 6 heteroatoms. The first-order valence-electron chi connectivity index (χ1n) is 5.92. The zero-order valence-corrected chi connectivity index (χ0v) is 13.1. The summed E-state index contributed by atoms with van der Waals surface area (Å²) < 4.78 is 5.55. The zero-order valence-electron chi connectivity index (χ0n) is 10.7. The minimum Gasteiger partial charge on any atom is -0.462 e. The van der Waals surface area contributed by atoms with Gasteiger partial charge in [0.15, 0.2) is 0 Å². The van der Waals surface area contributed by atoms with Crippen LogP contribution in [0.4, 0.5) is 5.69 Å². The van der Waals surface area contributed by atoms with Crippen molar-refractivity contribution < 1.29 is 14.3 Å². The fraction of sp³-hybridized carbons (Fsp3) is 0.143. The van der Waals surface area contributed by atoms with Gasteiger partial charge < -0.3 is 10.1 Å². The van der Waals surface area contributed by atoms with Crippen LogP contribution in [0.2, 0.25) is 0 Å². The summed E-state index contributed by atoms with van der Waals surface area (Å²) >= 11 is 4.80. The van der Waals surface area contributed by atoms with Crippen molar-refractivity contribution in [1.29, 1.82) is 0 Å². The molecule has 0 spiro atoms. The molecule has 0 unspecified atom stereocenters. The highest BCUT2D eigenvalue weighted by Gasteiger charge is 2.12. The summed E-state index contributed by atoms with van der Waals surface area (Å²) in [7, 11) is 0. The first-order valence-corrected chi connectivity index (χ1v) is 7.65. The van der Waals surface area contributed by atoms with E-state index in [0.29, 0.717) is 27.9 Å². The van der Waals surface area contributed by atoms with E-state index in [9.17, 15) is 9.59 Å². The lowest BCUT2D eigenvalue weighted by atomic mass is 10.2. The molecule has 0 bridgehead atoms. The lowest BCUT2D eigenvalue weighted by Crippen LogP contribution is -2.12. The fourth-order valence-corrected chi connectivity index (χ4v) is 2.66. The number of benzene rings is 1. The van der Waals surface area contributed by atoms with Crippen LogP contribution >= 0.6 is 27.3 Å². The largest absolute Gasteiger partial charge is 0.462 e. The van der Waals surface area contributed by atoms with Crippen LogP contribution in [0.15, 0.2) is 39.5 Å². The normalized spacial score (nSPS) is 10.1. The molecule has 0 saturated heterocycles. The van der Waals surface area contributed by atoms with E-state index in [1.165, 1.54) is 11.3 Å². The minimum atomic E-state index is -0.385. The Bertz CT molecular complexity index is 625. The van der Waals surface area contributed by atoms with E-state index in [0.717, 1.165) is 0 Å². The third-order valence-corrected chi connectivity index (χ3v) is 3.85. The highest BCUT2D eigenvalue weighted by atomic mass is 79.9. The van der Waals surface area contributed by atoms with Gasteiger partial charge >= 0.3 is 5.97 Å². The van der Waals surface area contributed by atoms with Crippen molar-refractivity contribution >= 4 is 44.8 Å². The average molecular weight is 354 g/mol. The molecule has 0 aliphatic heterocycles. The Morgan fingerprint density at radius 1 is 1.30 bits per heavy atom. The van der Waals surface area contributed by atoms with Gasteiger partial charge in [-0.3, -0.25) is 4.79 Å². The topological polar surface area (TPSA) is 55.4 Å². The molecule has 0 radical (unpaired) electrons. The van der Waals surface area contributed by atoms with Gasteiger partial charge in [0, 0.05) is 9.85 Å². The molecule has 1 aromatic carbocycles. The third kappa shape index (κ3) is 3.46. The summed E-state index contributed by atoms with van der Waals surface area (Å²) in [5.74, 6) is -0.570. The Kier molecular flexibility index (Phi) is 4.92. The van der Waals surface area contributed by atoms with Crippen molar-refractivity contribution in [3.05, 3.63) is 50.6 Å². The summed E-state index contributed by atoms with van der Waals surface area (Å²) in [6.45, 7) is 2.08. The number of thiophene rings is 1. The molecule has 1 amide bonds. The summed E-state index contributed by atoms with van der Waals surface area (Å²) in [5.41, 5.74) is 1.65. The van der Waals surface area contributed by atoms with Crippen LogP contribution in [0.5, 0.6) is 0 Å². The van der Waals surface area contributed by atoms with E-state index in [4.69, 9.17) is 4.74 Å². The van der Waals surface area contributed by atoms with E-state index in [1.807, 2.05) is 5.38 Å². The Morgan fingerprint density at radius 2 is 2.10 bits per heavy atom. The summed E-state index contributed by atoms with van der Waals surface area (Å²) in [6.07, 6.45) is 0. The van der Waals surface area contributed by atoms with E-state index in [2.05, 4.69) is 21.2 Å². The maximum atomic E-state index is 11.9. The monoisotopic (exact) mass is 353 g/mol. The molecule has 0 aliphatic rings. The van der Waals surface area contributed by atoms with Crippen LogP contribution in [0.3, 0.4) is 0 Å². The second kappa shape index (κ2) is 6.67. The smallest absolute Gasteiger partial charge is 0.338 e. The van der Waals surface area contributed by atoms with Crippen molar-refractivity contribution in [2.75, 3.05) is 11.9 Å². The van der Waals surface area contributed by atoms with Crippen LogP contribution in [0.1, 0.15) is 27.6 Å². The quantitative estimate of drug-likeness (QED) is 0.847. The molecule has 1 N–H and O–H groups in total. The van der Waals surface area contributed by atoms with Crippen LogP contribution in [-0.2, 0) is 4.74 Å². The van der Waals surface area contributed by atoms with Crippen LogP contribution in [0, 0.1) is 0 Å². The molecule has 0 fully saturated rings. The fourth-order valence-electron chi connectivity index (χ4n) is 1.55. The number of nitrogens with one attached hydrogen (secondary N) is 1. The molecule has 4 nitrogen and oxygen atoms in total. The number of amides is 1. The van der Waals surface area contributed by atoms with Crippen molar-refractivity contribution in [3.63, 3.8) is 0 Å². The van der Waals surface area contributed by atoms with Crippen LogP contribution in [0.25, 0.3) is 0 Å². The zero-order chi connectivity index (χ0) is 14.5. The molecule has 0 atom stereocenters. The highest BCUT2D eigenvalue weighted by Crippen LogP contribution is 2.25. The van der Waals surface area contributed by atoms with Crippen LogP contribution in [-0.4, -0.2) is 18.5 Å². The number of carbonyl (C=O) groups is 2. The SMILES string of the molecule is CCOC(=O)c1ccc(NC(=O)c2ccsc2)c(Br)c1. The molecule has 0 saturated carbocycles. The van der Waals surface area contributed by atoms with Crippen molar-refractivity contribution in [2.45, 2.75) is 6.92 Å². The van der Waals surface area contributed by atoms with E-state index < -0.39 is 0 Å². The maximum absolute atomic E-state index is 11.9. The number of ether oxygens (including phenoxy) is 1. The van der Waals surface area contributed by atoms with Gasteiger partial charge in [-0.2, -0.15) is 11.3 Å². The predicted octanol–water partition coefficient (Wildman–Crippen LogP) is 3.94. The summed E-state index contributed by atoms with van der Waals surface area (Å²) in [6, 6.07) is 6.66. The first kappa shape index (κ1) is 14.7. The molecule has 1 heterocycles. The number of hydrogen-bond acceptors (Lipinski definition) is 4. The molecule has 104 valence electrons. The molecule has 2 rings (SSSR count). The van der Waals surface area contributed by atoms with Gasteiger partial charge in [-0.1, -0.05) is 0 Å². The van der Waals surface area contributed by atoms with Crippen molar-refractivity contribution in [3.8, 4) is 0 Å². The molecule has 0 aliphatic carbocycles. The van der Waals surface area contributed by atoms with Gasteiger partial charge in [0.1, 0.15) is 0 Å². The van der Waals surface area contributed by atoms with E-state index >= 15 is 0 Å². The molecular formula is C14H12BrNO3S. The molecular weight excluding hydrogens is 342 g/mol. The molecule has 1 aromatic heterocycles. The number of esters is 1. The Hall–Kier alpha value is -1.66. The second-order valence-electron chi connectivity index (χ2n) is 3.88. The predicted molar refractivity (Wildman–Crippen MR) is 82.4 cm³/mol. The van der Waals surface area contributed by atoms with E-state index in [-0.39, 0.29) is 11.9 Å². The third-order valence-electron chi connectivity index (χ3n) is 2.51. The van der Waals surface area contributed by atoms with Gasteiger partial charge in [0.25, 0.3) is 5.91 Å².